The molecule has 0 aliphatic carbocycles. The second-order valence-corrected chi connectivity index (χ2v) is 5.17. The zero-order chi connectivity index (χ0) is 15.1. The molecule has 108 valence electrons. The summed E-state index contributed by atoms with van der Waals surface area (Å²) in [6.45, 7) is 0.0755. The third-order valence-electron chi connectivity index (χ3n) is 2.78. The van der Waals surface area contributed by atoms with Crippen LogP contribution in [0.2, 0.25) is 0 Å². The Morgan fingerprint density at radius 2 is 1.67 bits per heavy atom. The molecule has 5 heteroatoms. The van der Waals surface area contributed by atoms with Crippen LogP contribution in [0.25, 0.3) is 0 Å². The molecule has 0 saturated heterocycles. The second kappa shape index (κ2) is 7.59. The Bertz CT molecular complexity index is 628. The van der Waals surface area contributed by atoms with Crippen molar-refractivity contribution in [3.8, 4) is 0 Å². The van der Waals surface area contributed by atoms with E-state index in [1.165, 1.54) is 0 Å². The van der Waals surface area contributed by atoms with Crippen LogP contribution in [-0.4, -0.2) is 18.4 Å². The number of hydrogen-bond donors (Lipinski definition) is 1. The van der Waals surface area contributed by atoms with Gasteiger partial charge in [0.05, 0.1) is 6.54 Å². The highest BCUT2D eigenvalue weighted by molar-refractivity contribution is 9.10. The highest BCUT2D eigenvalue weighted by Crippen LogP contribution is 2.15. The van der Waals surface area contributed by atoms with Crippen LogP contribution in [0.15, 0.2) is 59.1 Å². The molecule has 2 rings (SSSR count). The van der Waals surface area contributed by atoms with Gasteiger partial charge in [0.15, 0.2) is 5.78 Å². The Labute approximate surface area is 131 Å². The van der Waals surface area contributed by atoms with E-state index in [-0.39, 0.29) is 18.9 Å². The summed E-state index contributed by atoms with van der Waals surface area (Å²) in [4.78, 5) is 23.5. The fraction of sp³-hybridized carbons (Fsp3) is 0.125. The van der Waals surface area contributed by atoms with E-state index in [9.17, 15) is 9.59 Å². The molecule has 2 aromatic rings. The zero-order valence-corrected chi connectivity index (χ0v) is 12.8. The number of ether oxygens (including phenoxy) is 1. The predicted octanol–water partition coefficient (Wildman–Crippen LogP) is 3.56. The quantitative estimate of drug-likeness (QED) is 0.841. The van der Waals surface area contributed by atoms with Crippen LogP contribution in [0.3, 0.4) is 0 Å². The molecule has 4 nitrogen and oxygen atoms in total. The smallest absolute Gasteiger partial charge is 0.407 e. The van der Waals surface area contributed by atoms with E-state index in [1.54, 1.807) is 18.2 Å². The number of halogens is 1. The summed E-state index contributed by atoms with van der Waals surface area (Å²) in [5.74, 6) is -0.181. The van der Waals surface area contributed by atoms with Gasteiger partial charge in [0.2, 0.25) is 0 Å². The van der Waals surface area contributed by atoms with Crippen LogP contribution < -0.4 is 5.32 Å². The van der Waals surface area contributed by atoms with Gasteiger partial charge in [-0.25, -0.2) is 4.79 Å². The van der Waals surface area contributed by atoms with Crippen molar-refractivity contribution in [2.45, 2.75) is 6.61 Å². The van der Waals surface area contributed by atoms with Gasteiger partial charge in [-0.1, -0.05) is 64.5 Å². The third-order valence-corrected chi connectivity index (χ3v) is 3.47. The number of carbonyl (C=O) groups excluding carboxylic acids is 2. The molecule has 0 bridgehead atoms. The van der Waals surface area contributed by atoms with E-state index in [4.69, 9.17) is 4.74 Å². The molecular weight excluding hydrogens is 334 g/mol. The summed E-state index contributed by atoms with van der Waals surface area (Å²) < 4.78 is 5.73. The van der Waals surface area contributed by atoms with Crippen molar-refractivity contribution in [3.05, 3.63) is 70.2 Å². The van der Waals surface area contributed by atoms with Gasteiger partial charge in [0.25, 0.3) is 0 Å². The minimum Gasteiger partial charge on any atom is -0.445 e. The standard InChI is InChI=1S/C16H14BrNO3/c17-14-9-5-4-8-13(14)15(19)10-18-16(20)21-11-12-6-2-1-3-7-12/h1-9H,10-11H2,(H,18,20). The van der Waals surface area contributed by atoms with Crippen molar-refractivity contribution < 1.29 is 14.3 Å². The Kier molecular flexibility index (Phi) is 5.51. The lowest BCUT2D eigenvalue weighted by atomic mass is 10.1. The van der Waals surface area contributed by atoms with E-state index in [2.05, 4.69) is 21.2 Å². The summed E-state index contributed by atoms with van der Waals surface area (Å²) in [5.41, 5.74) is 1.42. The summed E-state index contributed by atoms with van der Waals surface area (Å²) in [5, 5.41) is 2.45. The predicted molar refractivity (Wildman–Crippen MR) is 83.1 cm³/mol. The van der Waals surface area contributed by atoms with Gasteiger partial charge in [-0.2, -0.15) is 0 Å². The fourth-order valence-corrected chi connectivity index (χ4v) is 2.22. The second-order valence-electron chi connectivity index (χ2n) is 4.32. The molecule has 2 aromatic carbocycles. The minimum atomic E-state index is -0.612. The first-order valence-electron chi connectivity index (χ1n) is 6.39. The normalized spacial score (nSPS) is 9.95. The maximum Gasteiger partial charge on any atom is 0.407 e. The number of carbonyl (C=O) groups is 2. The lowest BCUT2D eigenvalue weighted by molar-refractivity contribution is 0.0973. The molecule has 1 N–H and O–H groups in total. The van der Waals surface area contributed by atoms with Gasteiger partial charge < -0.3 is 10.1 Å². The number of rotatable bonds is 5. The number of ketones is 1. The number of Topliss-reactive ketones (excluding diaryl/α,β-unsaturated/α-hetero) is 1. The summed E-state index contributed by atoms with van der Waals surface area (Å²) in [6.07, 6.45) is -0.612. The number of amides is 1. The van der Waals surface area contributed by atoms with Crippen LogP contribution in [0.4, 0.5) is 4.79 Å². The topological polar surface area (TPSA) is 55.4 Å². The highest BCUT2D eigenvalue weighted by atomic mass is 79.9. The summed E-state index contributed by atoms with van der Waals surface area (Å²) >= 11 is 3.30. The molecule has 0 heterocycles. The Balaban J connectivity index is 1.79. The van der Waals surface area contributed by atoms with Gasteiger partial charge in [-0.05, 0) is 11.6 Å². The first-order valence-corrected chi connectivity index (χ1v) is 7.18. The van der Waals surface area contributed by atoms with Gasteiger partial charge in [-0.3, -0.25) is 4.79 Å². The molecule has 0 aliphatic heterocycles. The molecule has 0 spiro atoms. The Morgan fingerprint density at radius 1 is 1.00 bits per heavy atom. The number of alkyl carbamates (subject to hydrolysis) is 1. The van der Waals surface area contributed by atoms with Crippen molar-refractivity contribution in [1.82, 2.24) is 5.32 Å². The molecule has 0 saturated carbocycles. The van der Waals surface area contributed by atoms with E-state index < -0.39 is 6.09 Å². The third kappa shape index (κ3) is 4.72. The van der Waals surface area contributed by atoms with Crippen molar-refractivity contribution in [3.63, 3.8) is 0 Å². The maximum absolute atomic E-state index is 11.9. The van der Waals surface area contributed by atoms with Crippen molar-refractivity contribution in [1.29, 1.82) is 0 Å². The van der Waals surface area contributed by atoms with E-state index in [0.717, 1.165) is 5.56 Å². The van der Waals surface area contributed by atoms with Gasteiger partial charge in [-0.15, -0.1) is 0 Å². The van der Waals surface area contributed by atoms with Crippen molar-refractivity contribution in [2.75, 3.05) is 6.54 Å². The van der Waals surface area contributed by atoms with Crippen LogP contribution in [-0.2, 0) is 11.3 Å². The lowest BCUT2D eigenvalue weighted by Gasteiger charge is -2.07. The summed E-state index contributed by atoms with van der Waals surface area (Å²) in [6, 6.07) is 16.4. The molecule has 0 aliphatic rings. The van der Waals surface area contributed by atoms with Gasteiger partial charge >= 0.3 is 6.09 Å². The molecule has 21 heavy (non-hydrogen) atoms. The van der Waals surface area contributed by atoms with E-state index in [1.807, 2.05) is 36.4 Å². The van der Waals surface area contributed by atoms with Crippen LogP contribution in [0, 0.1) is 0 Å². The number of hydrogen-bond acceptors (Lipinski definition) is 3. The Morgan fingerprint density at radius 3 is 2.38 bits per heavy atom. The van der Waals surface area contributed by atoms with Crippen LogP contribution in [0.1, 0.15) is 15.9 Å². The molecule has 0 fully saturated rings. The van der Waals surface area contributed by atoms with E-state index in [0.29, 0.717) is 10.0 Å². The molecular formula is C16H14BrNO3. The SMILES string of the molecule is O=C(NCC(=O)c1ccccc1Br)OCc1ccccc1. The van der Waals surface area contributed by atoms with Crippen LogP contribution >= 0.6 is 15.9 Å². The van der Waals surface area contributed by atoms with E-state index >= 15 is 0 Å². The molecule has 0 radical (unpaired) electrons. The van der Waals surface area contributed by atoms with Crippen molar-refractivity contribution >= 4 is 27.8 Å². The minimum absolute atomic E-state index is 0.101. The number of benzene rings is 2. The first kappa shape index (κ1) is 15.3. The molecule has 0 aromatic heterocycles. The molecule has 0 unspecified atom stereocenters. The number of nitrogens with one attached hydrogen (secondary N) is 1. The molecule has 0 atom stereocenters. The van der Waals surface area contributed by atoms with Gasteiger partial charge in [0, 0.05) is 10.0 Å². The monoisotopic (exact) mass is 347 g/mol. The Hall–Kier alpha value is -2.14. The average Bonchev–Trinajstić information content (AvgIpc) is 2.52. The highest BCUT2D eigenvalue weighted by Gasteiger charge is 2.11. The maximum atomic E-state index is 11.9. The summed E-state index contributed by atoms with van der Waals surface area (Å²) in [7, 11) is 0. The first-order chi connectivity index (χ1) is 10.2. The zero-order valence-electron chi connectivity index (χ0n) is 11.2. The largest absolute Gasteiger partial charge is 0.445 e. The lowest BCUT2D eigenvalue weighted by Crippen LogP contribution is -2.30. The van der Waals surface area contributed by atoms with Gasteiger partial charge in [0.1, 0.15) is 6.61 Å². The van der Waals surface area contributed by atoms with Crippen molar-refractivity contribution in [2.24, 2.45) is 0 Å². The average molecular weight is 348 g/mol. The fourth-order valence-electron chi connectivity index (χ4n) is 1.71. The van der Waals surface area contributed by atoms with Crippen LogP contribution in [0.5, 0.6) is 0 Å². The molecule has 1 amide bonds.